The van der Waals surface area contributed by atoms with E-state index in [1.807, 2.05) is 0 Å². The minimum Gasteiger partial charge on any atom is -0.351 e. The van der Waals surface area contributed by atoms with Crippen LogP contribution in [0, 0.1) is 5.82 Å². The van der Waals surface area contributed by atoms with Gasteiger partial charge in [0, 0.05) is 13.1 Å². The molecule has 3 N–H and O–H groups in total. The average Bonchev–Trinajstić information content (AvgIpc) is 2.91. The molecule has 1 aliphatic rings. The van der Waals surface area contributed by atoms with E-state index >= 15 is 0 Å². The SMILES string of the molecule is NS(=O)(=O)c1ccc(F)c(C(=O)NCCN2CCCC2)c1. The second kappa shape index (κ2) is 6.50. The monoisotopic (exact) mass is 315 g/mol. The maximum absolute atomic E-state index is 13.6. The fraction of sp³-hybridized carbons (Fsp3) is 0.462. The predicted molar refractivity (Wildman–Crippen MR) is 75.8 cm³/mol. The van der Waals surface area contributed by atoms with E-state index in [9.17, 15) is 17.6 Å². The van der Waals surface area contributed by atoms with Gasteiger partial charge in [-0.25, -0.2) is 17.9 Å². The zero-order chi connectivity index (χ0) is 15.5. The zero-order valence-corrected chi connectivity index (χ0v) is 12.3. The van der Waals surface area contributed by atoms with Crippen molar-refractivity contribution in [1.82, 2.24) is 10.2 Å². The smallest absolute Gasteiger partial charge is 0.254 e. The van der Waals surface area contributed by atoms with Gasteiger partial charge < -0.3 is 10.2 Å². The molecule has 0 unspecified atom stereocenters. The average molecular weight is 315 g/mol. The number of nitrogens with two attached hydrogens (primary N) is 1. The summed E-state index contributed by atoms with van der Waals surface area (Å²) in [7, 11) is -3.96. The van der Waals surface area contributed by atoms with Crippen molar-refractivity contribution in [2.45, 2.75) is 17.7 Å². The Morgan fingerprint density at radius 2 is 2.00 bits per heavy atom. The predicted octanol–water partition coefficient (Wildman–Crippen LogP) is 0.299. The van der Waals surface area contributed by atoms with Crippen molar-refractivity contribution in [1.29, 1.82) is 0 Å². The van der Waals surface area contributed by atoms with Crippen LogP contribution in [0.5, 0.6) is 0 Å². The largest absolute Gasteiger partial charge is 0.351 e. The van der Waals surface area contributed by atoms with E-state index in [0.29, 0.717) is 13.1 Å². The second-order valence-corrected chi connectivity index (χ2v) is 6.55. The number of carbonyl (C=O) groups excluding carboxylic acids is 1. The van der Waals surface area contributed by atoms with Gasteiger partial charge in [-0.1, -0.05) is 0 Å². The number of rotatable bonds is 5. The quantitative estimate of drug-likeness (QED) is 0.817. The molecule has 1 heterocycles. The van der Waals surface area contributed by atoms with Gasteiger partial charge in [-0.15, -0.1) is 0 Å². The molecule has 0 saturated carbocycles. The van der Waals surface area contributed by atoms with Crippen molar-refractivity contribution in [3.05, 3.63) is 29.6 Å². The van der Waals surface area contributed by atoms with E-state index in [1.165, 1.54) is 0 Å². The highest BCUT2D eigenvalue weighted by Gasteiger charge is 2.17. The number of carbonyl (C=O) groups is 1. The molecule has 0 atom stereocenters. The van der Waals surface area contributed by atoms with E-state index < -0.39 is 21.7 Å². The molecule has 2 rings (SSSR count). The highest BCUT2D eigenvalue weighted by Crippen LogP contribution is 2.14. The van der Waals surface area contributed by atoms with Crippen LogP contribution in [-0.4, -0.2) is 45.4 Å². The summed E-state index contributed by atoms with van der Waals surface area (Å²) in [4.78, 5) is 13.8. The lowest BCUT2D eigenvalue weighted by atomic mass is 10.2. The van der Waals surface area contributed by atoms with Gasteiger partial charge in [0.2, 0.25) is 10.0 Å². The number of hydrogen-bond donors (Lipinski definition) is 2. The number of primary sulfonamides is 1. The van der Waals surface area contributed by atoms with E-state index in [2.05, 4.69) is 10.2 Å². The van der Waals surface area contributed by atoms with Gasteiger partial charge in [-0.3, -0.25) is 4.79 Å². The molecule has 6 nitrogen and oxygen atoms in total. The number of halogens is 1. The highest BCUT2D eigenvalue weighted by molar-refractivity contribution is 7.89. The lowest BCUT2D eigenvalue weighted by molar-refractivity contribution is 0.0945. The summed E-state index contributed by atoms with van der Waals surface area (Å²) >= 11 is 0. The first-order valence-corrected chi connectivity index (χ1v) is 8.25. The highest BCUT2D eigenvalue weighted by atomic mass is 32.2. The van der Waals surface area contributed by atoms with Crippen LogP contribution in [0.25, 0.3) is 0 Å². The Morgan fingerprint density at radius 3 is 2.62 bits per heavy atom. The van der Waals surface area contributed by atoms with Crippen LogP contribution in [0.4, 0.5) is 4.39 Å². The molecule has 1 saturated heterocycles. The molecule has 1 aromatic carbocycles. The third-order valence-corrected chi connectivity index (χ3v) is 4.33. The van der Waals surface area contributed by atoms with Gasteiger partial charge in [0.25, 0.3) is 5.91 Å². The number of nitrogens with zero attached hydrogens (tertiary/aromatic N) is 1. The lowest BCUT2D eigenvalue weighted by Gasteiger charge is -2.15. The van der Waals surface area contributed by atoms with E-state index in [4.69, 9.17) is 5.14 Å². The summed E-state index contributed by atoms with van der Waals surface area (Å²) in [6, 6.07) is 2.91. The number of nitrogens with one attached hydrogen (secondary N) is 1. The van der Waals surface area contributed by atoms with Crippen LogP contribution in [0.1, 0.15) is 23.2 Å². The standard InChI is InChI=1S/C13H18FN3O3S/c14-12-4-3-10(21(15,19)20)9-11(12)13(18)16-5-8-17-6-1-2-7-17/h3-4,9H,1-2,5-8H2,(H,16,18)(H2,15,19,20). The number of amides is 1. The summed E-state index contributed by atoms with van der Waals surface area (Å²) in [5.41, 5.74) is -0.317. The number of hydrogen-bond acceptors (Lipinski definition) is 4. The molecule has 0 radical (unpaired) electrons. The molecule has 1 amide bonds. The minimum absolute atomic E-state index is 0.284. The molecule has 21 heavy (non-hydrogen) atoms. The van der Waals surface area contributed by atoms with Gasteiger partial charge >= 0.3 is 0 Å². The van der Waals surface area contributed by atoms with Gasteiger partial charge in [-0.05, 0) is 44.1 Å². The van der Waals surface area contributed by atoms with Crippen molar-refractivity contribution >= 4 is 15.9 Å². The summed E-state index contributed by atoms with van der Waals surface area (Å²) in [5, 5.41) is 7.56. The molecule has 0 spiro atoms. The Balaban J connectivity index is 2.01. The molecule has 0 bridgehead atoms. The second-order valence-electron chi connectivity index (χ2n) is 4.99. The summed E-state index contributed by atoms with van der Waals surface area (Å²) in [6.45, 7) is 3.09. The summed E-state index contributed by atoms with van der Waals surface area (Å²) in [5.74, 6) is -1.42. The summed E-state index contributed by atoms with van der Waals surface area (Å²) in [6.07, 6.45) is 2.30. The molecule has 0 aromatic heterocycles. The molecular formula is C13H18FN3O3S. The van der Waals surface area contributed by atoms with Crippen molar-refractivity contribution in [3.8, 4) is 0 Å². The molecule has 116 valence electrons. The van der Waals surface area contributed by atoms with Crippen molar-refractivity contribution in [2.24, 2.45) is 5.14 Å². The van der Waals surface area contributed by atoms with E-state index in [0.717, 1.165) is 44.1 Å². The Morgan fingerprint density at radius 1 is 1.33 bits per heavy atom. The maximum Gasteiger partial charge on any atom is 0.254 e. The maximum atomic E-state index is 13.6. The van der Waals surface area contributed by atoms with Crippen LogP contribution in [0.2, 0.25) is 0 Å². The van der Waals surface area contributed by atoms with Gasteiger partial charge in [-0.2, -0.15) is 0 Å². The molecule has 1 aromatic rings. The van der Waals surface area contributed by atoms with Crippen LogP contribution in [0.15, 0.2) is 23.1 Å². The lowest BCUT2D eigenvalue weighted by Crippen LogP contribution is -2.34. The van der Waals surface area contributed by atoms with Crippen molar-refractivity contribution in [2.75, 3.05) is 26.2 Å². The van der Waals surface area contributed by atoms with Crippen LogP contribution >= 0.6 is 0 Å². The molecule has 1 fully saturated rings. The zero-order valence-electron chi connectivity index (χ0n) is 11.5. The Kier molecular flexibility index (Phi) is 4.92. The molecule has 8 heteroatoms. The first kappa shape index (κ1) is 15.9. The van der Waals surface area contributed by atoms with E-state index in [1.54, 1.807) is 0 Å². The number of sulfonamides is 1. The molecule has 1 aliphatic heterocycles. The molecular weight excluding hydrogens is 297 g/mol. The third-order valence-electron chi connectivity index (χ3n) is 3.42. The minimum atomic E-state index is -3.96. The molecule has 0 aliphatic carbocycles. The first-order valence-electron chi connectivity index (χ1n) is 6.71. The fourth-order valence-electron chi connectivity index (χ4n) is 2.28. The Hall–Kier alpha value is -1.51. The van der Waals surface area contributed by atoms with Gasteiger partial charge in [0.05, 0.1) is 10.5 Å². The van der Waals surface area contributed by atoms with Crippen molar-refractivity contribution < 1.29 is 17.6 Å². The van der Waals surface area contributed by atoms with E-state index in [-0.39, 0.29) is 10.5 Å². The Labute approximate surface area is 123 Å². The summed E-state index contributed by atoms with van der Waals surface area (Å²) < 4.78 is 36.1. The van der Waals surface area contributed by atoms with Gasteiger partial charge in [0.1, 0.15) is 5.82 Å². The number of likely N-dealkylation sites (tertiary alicyclic amines) is 1. The van der Waals surface area contributed by atoms with Crippen LogP contribution < -0.4 is 10.5 Å². The fourth-order valence-corrected chi connectivity index (χ4v) is 2.82. The van der Waals surface area contributed by atoms with Crippen molar-refractivity contribution in [3.63, 3.8) is 0 Å². The third kappa shape index (κ3) is 4.23. The first-order chi connectivity index (χ1) is 9.88. The normalized spacial score (nSPS) is 16.1. The van der Waals surface area contributed by atoms with Gasteiger partial charge in [0.15, 0.2) is 0 Å². The Bertz CT molecular complexity index is 628. The van der Waals surface area contributed by atoms with Crippen LogP contribution in [0.3, 0.4) is 0 Å². The van der Waals surface area contributed by atoms with Crippen LogP contribution in [-0.2, 0) is 10.0 Å². The topological polar surface area (TPSA) is 92.5 Å². The number of benzene rings is 1.